The summed E-state index contributed by atoms with van der Waals surface area (Å²) >= 11 is 0. The number of nitrogens with one attached hydrogen (secondary N) is 1. The number of unbranched alkanes of at least 4 members (excludes halogenated alkanes) is 32. The fourth-order valence-electron chi connectivity index (χ4n) is 8.22. The smallest absolute Gasteiger partial charge is 0.249 e. The highest BCUT2D eigenvalue weighted by atomic mass is 16.3. The molecule has 0 aromatic heterocycles. The molecule has 62 heavy (non-hydrogen) atoms. The highest BCUT2D eigenvalue weighted by Gasteiger charge is 2.28. The number of hydrogen-bond donors (Lipinski definition) is 5. The Kier molecular flexibility index (Phi) is 48.9. The quantitative estimate of drug-likeness (QED) is 0.0309. The van der Waals surface area contributed by atoms with Gasteiger partial charge in [0.05, 0.1) is 18.8 Å². The topological polar surface area (TPSA) is 110 Å². The molecule has 1 amide bonds. The summed E-state index contributed by atoms with van der Waals surface area (Å²) in [7, 11) is 0. The second-order valence-electron chi connectivity index (χ2n) is 18.6. The summed E-state index contributed by atoms with van der Waals surface area (Å²) in [6, 6.07) is -1.01. The van der Waals surface area contributed by atoms with Crippen LogP contribution < -0.4 is 5.32 Å². The number of rotatable bonds is 49. The first kappa shape index (κ1) is 60.3. The van der Waals surface area contributed by atoms with Crippen LogP contribution in [0.25, 0.3) is 0 Å². The van der Waals surface area contributed by atoms with Gasteiger partial charge < -0.3 is 25.7 Å². The van der Waals surface area contributed by atoms with Gasteiger partial charge in [-0.1, -0.05) is 236 Å². The van der Waals surface area contributed by atoms with Crippen molar-refractivity contribution in [1.82, 2.24) is 5.32 Å². The van der Waals surface area contributed by atoms with Crippen molar-refractivity contribution in [1.29, 1.82) is 0 Å². The van der Waals surface area contributed by atoms with E-state index in [0.717, 1.165) is 44.9 Å². The fraction of sp³-hybridized carbons (Fsp3) is 0.839. The number of aliphatic hydroxyl groups excluding tert-OH is 4. The monoisotopic (exact) mass is 872 g/mol. The zero-order valence-electron chi connectivity index (χ0n) is 41.1. The largest absolute Gasteiger partial charge is 0.394 e. The summed E-state index contributed by atoms with van der Waals surface area (Å²) in [5.41, 5.74) is 0. The number of amides is 1. The molecule has 0 fully saturated rings. The van der Waals surface area contributed by atoms with Crippen molar-refractivity contribution in [3.8, 4) is 0 Å². The fourth-order valence-corrected chi connectivity index (χ4v) is 8.22. The Labute approximate surface area is 385 Å². The Hall–Kier alpha value is -1.73. The molecule has 4 unspecified atom stereocenters. The molecule has 0 radical (unpaired) electrons. The highest BCUT2D eigenvalue weighted by Crippen LogP contribution is 2.16. The van der Waals surface area contributed by atoms with Gasteiger partial charge in [-0.05, 0) is 83.5 Å². The molecule has 0 aromatic rings. The minimum atomic E-state index is -1.29. The molecule has 0 saturated heterocycles. The summed E-state index contributed by atoms with van der Waals surface area (Å²) in [6.07, 6.45) is 63.1. The molecule has 0 heterocycles. The van der Waals surface area contributed by atoms with E-state index >= 15 is 0 Å². The van der Waals surface area contributed by atoms with Crippen LogP contribution >= 0.6 is 0 Å². The van der Waals surface area contributed by atoms with E-state index in [-0.39, 0.29) is 0 Å². The number of hydrogen-bond acceptors (Lipinski definition) is 5. The first-order chi connectivity index (χ1) is 30.5. The van der Waals surface area contributed by atoms with Crippen molar-refractivity contribution in [2.45, 2.75) is 295 Å². The van der Waals surface area contributed by atoms with E-state index in [0.29, 0.717) is 19.3 Å². The lowest BCUT2D eigenvalue weighted by atomic mass is 10.00. The number of allylic oxidation sites excluding steroid dienone is 8. The van der Waals surface area contributed by atoms with Crippen LogP contribution in [-0.2, 0) is 4.79 Å². The van der Waals surface area contributed by atoms with Gasteiger partial charge in [0.1, 0.15) is 12.2 Å². The molecule has 0 aliphatic heterocycles. The first-order valence-corrected chi connectivity index (χ1v) is 27.0. The van der Waals surface area contributed by atoms with Gasteiger partial charge in [0.15, 0.2) is 0 Å². The van der Waals surface area contributed by atoms with Crippen molar-refractivity contribution >= 4 is 5.91 Å². The van der Waals surface area contributed by atoms with Crippen LogP contribution in [-0.4, -0.2) is 57.3 Å². The number of aliphatic hydroxyl groups is 4. The Morgan fingerprint density at radius 2 is 0.726 bits per heavy atom. The van der Waals surface area contributed by atoms with Crippen molar-refractivity contribution < 1.29 is 25.2 Å². The number of carbonyl (C=O) groups excluding carboxylic acids is 1. The van der Waals surface area contributed by atoms with Gasteiger partial charge in [0, 0.05) is 0 Å². The molecular weight excluding hydrogens is 767 g/mol. The second kappa shape index (κ2) is 50.3. The van der Waals surface area contributed by atoms with E-state index in [4.69, 9.17) is 0 Å². The zero-order valence-corrected chi connectivity index (χ0v) is 41.1. The second-order valence-corrected chi connectivity index (χ2v) is 18.6. The Bertz CT molecular complexity index is 1020. The van der Waals surface area contributed by atoms with Gasteiger partial charge in [-0.15, -0.1) is 0 Å². The minimum absolute atomic E-state index is 0.355. The van der Waals surface area contributed by atoms with Crippen LogP contribution in [0.5, 0.6) is 0 Å². The van der Waals surface area contributed by atoms with Crippen molar-refractivity contribution in [2.24, 2.45) is 0 Å². The van der Waals surface area contributed by atoms with E-state index in [2.05, 4.69) is 67.8 Å². The lowest BCUT2D eigenvalue weighted by Gasteiger charge is -2.27. The molecular formula is C56H105NO5. The molecule has 0 bridgehead atoms. The maximum absolute atomic E-state index is 12.6. The van der Waals surface area contributed by atoms with Crippen molar-refractivity contribution in [2.75, 3.05) is 6.61 Å². The van der Waals surface area contributed by atoms with Crippen LogP contribution in [0.1, 0.15) is 271 Å². The maximum Gasteiger partial charge on any atom is 0.249 e. The zero-order chi connectivity index (χ0) is 45.2. The van der Waals surface area contributed by atoms with Crippen molar-refractivity contribution in [3.63, 3.8) is 0 Å². The molecule has 6 nitrogen and oxygen atoms in total. The molecule has 5 N–H and O–H groups in total. The molecule has 364 valence electrons. The highest BCUT2D eigenvalue weighted by molar-refractivity contribution is 5.80. The van der Waals surface area contributed by atoms with E-state index in [1.165, 1.54) is 193 Å². The first-order valence-electron chi connectivity index (χ1n) is 27.0. The summed E-state index contributed by atoms with van der Waals surface area (Å²) in [5, 5.41) is 43.9. The van der Waals surface area contributed by atoms with E-state index < -0.39 is 36.9 Å². The molecule has 0 aliphatic carbocycles. The Morgan fingerprint density at radius 1 is 0.403 bits per heavy atom. The minimum Gasteiger partial charge on any atom is -0.394 e. The van der Waals surface area contributed by atoms with Gasteiger partial charge >= 0.3 is 0 Å². The lowest BCUT2D eigenvalue weighted by Crippen LogP contribution is -2.53. The molecule has 0 aliphatic rings. The summed E-state index contributed by atoms with van der Waals surface area (Å²) in [5.74, 6) is -0.599. The Morgan fingerprint density at radius 3 is 1.11 bits per heavy atom. The van der Waals surface area contributed by atoms with Gasteiger partial charge in [-0.25, -0.2) is 0 Å². The van der Waals surface area contributed by atoms with Crippen molar-refractivity contribution in [3.05, 3.63) is 48.6 Å². The normalized spacial score (nSPS) is 14.2. The Balaban J connectivity index is 3.72. The van der Waals surface area contributed by atoms with Gasteiger partial charge in [0.25, 0.3) is 0 Å². The molecule has 6 heteroatoms. The van der Waals surface area contributed by atoms with Crippen LogP contribution in [0.3, 0.4) is 0 Å². The summed E-state index contributed by atoms with van der Waals surface area (Å²) < 4.78 is 0. The molecule has 0 saturated carbocycles. The predicted molar refractivity (Wildman–Crippen MR) is 270 cm³/mol. The van der Waals surface area contributed by atoms with Crippen LogP contribution in [0.2, 0.25) is 0 Å². The third kappa shape index (κ3) is 43.5. The average molecular weight is 872 g/mol. The van der Waals surface area contributed by atoms with Crippen LogP contribution in [0.4, 0.5) is 0 Å². The SMILES string of the molecule is CCCCCCCCCCC/C=C\C/C=C\CCCCCCCCCCCCC(O)C(=O)NC(CO)C(O)C(O)CCC/C=C/CC/C=C/CCCCCCCCCCCCC. The predicted octanol–water partition coefficient (Wildman–Crippen LogP) is 15.4. The third-order valence-corrected chi connectivity index (χ3v) is 12.5. The van der Waals surface area contributed by atoms with Gasteiger partial charge in [-0.3, -0.25) is 4.79 Å². The molecule has 0 spiro atoms. The average Bonchev–Trinajstić information content (AvgIpc) is 3.28. The lowest BCUT2D eigenvalue weighted by molar-refractivity contribution is -0.132. The van der Waals surface area contributed by atoms with Crippen LogP contribution in [0, 0.1) is 0 Å². The van der Waals surface area contributed by atoms with Crippen LogP contribution in [0.15, 0.2) is 48.6 Å². The van der Waals surface area contributed by atoms with E-state index in [9.17, 15) is 25.2 Å². The number of carbonyl (C=O) groups is 1. The molecule has 0 rings (SSSR count). The molecule has 4 atom stereocenters. The third-order valence-electron chi connectivity index (χ3n) is 12.5. The maximum atomic E-state index is 12.6. The molecule has 0 aromatic carbocycles. The van der Waals surface area contributed by atoms with E-state index in [1.807, 2.05) is 0 Å². The van der Waals surface area contributed by atoms with E-state index in [1.54, 1.807) is 0 Å². The van der Waals surface area contributed by atoms with Gasteiger partial charge in [0.2, 0.25) is 5.91 Å². The standard InChI is InChI=1S/C56H105NO5/c1-3-5-7-9-11-13-15-17-19-21-23-25-26-27-28-29-30-32-34-36-38-40-42-44-46-48-50-54(60)56(62)57-52(51-58)55(61)53(59)49-47-45-43-41-39-37-35-33-31-24-22-20-18-16-14-12-10-8-6-4-2/h23,25,27-28,33,35,41,43,52-55,58-61H,3-22,24,26,29-32,34,36-40,42,44-51H2,1-2H3,(H,57,62)/b25-23-,28-27-,35-33+,43-41+. The summed E-state index contributed by atoms with van der Waals surface area (Å²) in [4.78, 5) is 12.6. The van der Waals surface area contributed by atoms with Gasteiger partial charge in [-0.2, -0.15) is 0 Å². The summed E-state index contributed by atoms with van der Waals surface area (Å²) in [6.45, 7) is 4.05.